The third-order valence-electron chi connectivity index (χ3n) is 12.4. The van der Waals surface area contributed by atoms with E-state index in [0.717, 1.165) is 50.4 Å². The van der Waals surface area contributed by atoms with Gasteiger partial charge in [-0.3, -0.25) is 28.5 Å². The predicted molar refractivity (Wildman–Crippen MR) is 265 cm³/mol. The number of aromatic nitrogens is 4. The lowest BCUT2D eigenvalue weighted by Gasteiger charge is -2.30. The average Bonchev–Trinajstić information content (AvgIpc) is 4.03. The van der Waals surface area contributed by atoms with Crippen LogP contribution in [0.25, 0.3) is 0 Å². The molecular weight excluding hydrogens is 909 g/mol. The van der Waals surface area contributed by atoms with E-state index in [9.17, 15) is 18.7 Å². The number of ether oxygens (including phenoxy) is 1. The minimum Gasteiger partial charge on any atom is -0.463 e. The zero-order valence-electron chi connectivity index (χ0n) is 39.9. The van der Waals surface area contributed by atoms with E-state index in [1.165, 1.54) is 51.0 Å². The van der Waals surface area contributed by atoms with Gasteiger partial charge in [0.2, 0.25) is 13.3 Å². The first-order valence-electron chi connectivity index (χ1n) is 23.5. The maximum atomic E-state index is 12.5. The van der Waals surface area contributed by atoms with Crippen LogP contribution in [0.5, 0.6) is 6.01 Å². The third-order valence-corrected chi connectivity index (χ3v) is 16.2. The molecule has 2 unspecified atom stereocenters. The van der Waals surface area contributed by atoms with Crippen LogP contribution in [0.15, 0.2) is 48.5 Å². The number of nitrogens with zero attached hydrogens (tertiary/aromatic N) is 8. The fourth-order valence-corrected chi connectivity index (χ4v) is 10.7. The Bertz CT molecular complexity index is 2490. The molecule has 21 heteroatoms. The molecule has 5 N–H and O–H groups in total. The van der Waals surface area contributed by atoms with Crippen LogP contribution < -0.4 is 31.3 Å². The van der Waals surface area contributed by atoms with Crippen molar-refractivity contribution in [1.82, 2.24) is 29.7 Å². The molecule has 4 aliphatic heterocycles. The van der Waals surface area contributed by atoms with Gasteiger partial charge in [-0.25, -0.2) is 0 Å². The summed E-state index contributed by atoms with van der Waals surface area (Å²) in [6, 6.07) is 17.1. The molecule has 68 heavy (non-hydrogen) atoms. The molecule has 4 aliphatic rings. The first-order valence-corrected chi connectivity index (χ1v) is 27.4. The van der Waals surface area contributed by atoms with E-state index in [0.29, 0.717) is 55.0 Å². The van der Waals surface area contributed by atoms with Gasteiger partial charge in [0.05, 0.1) is 32.0 Å². The van der Waals surface area contributed by atoms with Gasteiger partial charge in [0.15, 0.2) is 11.6 Å². The summed E-state index contributed by atoms with van der Waals surface area (Å²) in [6.45, 7) is 12.2. The molecule has 0 saturated carbocycles. The molecule has 0 spiro atoms. The Kier molecular flexibility index (Phi) is 17.6. The fraction of sp³-hybridized carbons (Fsp3) is 0.532. The normalized spacial score (nSPS) is 18.1. The van der Waals surface area contributed by atoms with Gasteiger partial charge >= 0.3 is 13.6 Å². The van der Waals surface area contributed by atoms with Crippen LogP contribution >= 0.6 is 15.0 Å². The number of hydrogen-bond acceptors (Lipinski definition) is 19. The van der Waals surface area contributed by atoms with Crippen molar-refractivity contribution in [2.75, 3.05) is 119 Å². The number of fused-ring (bicyclic) bond motifs is 2. The number of nitrogen functional groups attached to an aromatic ring is 2. The third kappa shape index (κ3) is 14.1. The zero-order chi connectivity index (χ0) is 48.3. The van der Waals surface area contributed by atoms with E-state index in [1.807, 2.05) is 9.80 Å². The Morgan fingerprint density at radius 2 is 1.18 bits per heavy atom. The highest BCUT2D eigenvalue weighted by Crippen LogP contribution is 2.46. The molecule has 368 valence electrons. The Balaban J connectivity index is 0.000000202. The van der Waals surface area contributed by atoms with Crippen LogP contribution in [0, 0.1) is 0 Å². The lowest BCUT2D eigenvalue weighted by Crippen LogP contribution is -2.37. The molecule has 2 aromatic heterocycles. The number of nitrogens with two attached hydrogens (primary N) is 2. The summed E-state index contributed by atoms with van der Waals surface area (Å²) in [6.07, 6.45) is 5.89. The van der Waals surface area contributed by atoms with Crippen LogP contribution in [0.3, 0.4) is 0 Å². The highest BCUT2D eigenvalue weighted by molar-refractivity contribution is 7.58. The average molecular weight is 976 g/mol. The molecule has 4 aromatic rings. The van der Waals surface area contributed by atoms with Gasteiger partial charge in [-0.1, -0.05) is 48.5 Å². The number of anilines is 5. The standard InChI is InChI=1S/C24H35N6O4P.C23H32N5O4P/c1-3-34-35(32,33-2)12-9-26-24-27-22(25)21-14-20(31)17-30(23(21)28-24)16-19-8-6-7-18(13-19)15-29-10-4-5-11-29;1-31-33(2,30)11-10-32-23-25-21(24)20-13-19(29)16-28(22(20)26-23)15-18-7-5-6-17(12-18)14-27-8-3-4-9-27/h6-8,13H,3-5,9-12,14-17H2,1-2H3,(H3,25,26,27,28);5-7,12H,3-4,8-11,13-16H2,1-2H3,(H2,24,25,26). The minimum atomic E-state index is -3.16. The maximum Gasteiger partial charge on any atom is 0.332 e. The van der Waals surface area contributed by atoms with Gasteiger partial charge in [0.1, 0.15) is 29.9 Å². The molecule has 8 rings (SSSR count). The summed E-state index contributed by atoms with van der Waals surface area (Å²) in [5, 5.41) is 3.08. The van der Waals surface area contributed by atoms with E-state index >= 15 is 0 Å². The van der Waals surface area contributed by atoms with Crippen molar-refractivity contribution in [3.63, 3.8) is 0 Å². The van der Waals surface area contributed by atoms with Crippen LogP contribution in [-0.4, -0.2) is 134 Å². The summed E-state index contributed by atoms with van der Waals surface area (Å²) >= 11 is 0. The highest BCUT2D eigenvalue weighted by atomic mass is 31.2. The van der Waals surface area contributed by atoms with Gasteiger partial charge in [0, 0.05) is 77.6 Å². The smallest absolute Gasteiger partial charge is 0.332 e. The summed E-state index contributed by atoms with van der Waals surface area (Å²) in [5.74, 6) is 2.27. The fourth-order valence-electron chi connectivity index (χ4n) is 8.90. The maximum absolute atomic E-state index is 12.5. The number of rotatable bonds is 20. The number of carbonyl (C=O) groups excluding carboxylic acids is 2. The quantitative estimate of drug-likeness (QED) is 0.0889. The lowest BCUT2D eigenvalue weighted by molar-refractivity contribution is -0.118. The highest BCUT2D eigenvalue weighted by Gasteiger charge is 2.30. The van der Waals surface area contributed by atoms with E-state index < -0.39 is 15.0 Å². The van der Waals surface area contributed by atoms with Crippen LogP contribution in [0.1, 0.15) is 66.0 Å². The molecule has 0 aliphatic carbocycles. The van der Waals surface area contributed by atoms with Crippen LogP contribution in [0.2, 0.25) is 0 Å². The minimum absolute atomic E-state index is 0.0757. The van der Waals surface area contributed by atoms with Crippen molar-refractivity contribution in [2.24, 2.45) is 0 Å². The molecule has 2 saturated heterocycles. The predicted octanol–water partition coefficient (Wildman–Crippen LogP) is 5.79. The first-order chi connectivity index (χ1) is 32.7. The van der Waals surface area contributed by atoms with Gasteiger partial charge in [0.25, 0.3) is 0 Å². The SMILES string of the molecule is CCOP(=O)(CCNc1nc(N)c2c(n1)N(Cc1cccc(CN3CCCC3)c1)CC(=O)C2)OC.COP(C)(=O)CCOc1nc(N)c2c(n1)N(Cc1cccc(CN3CCCC3)c1)CC(=O)C2. The van der Waals surface area contributed by atoms with Crippen molar-refractivity contribution in [1.29, 1.82) is 0 Å². The number of hydrogen-bond donors (Lipinski definition) is 3. The molecular formula is C47H67N11O8P2. The van der Waals surface area contributed by atoms with E-state index in [4.69, 9.17) is 29.8 Å². The molecule has 0 radical (unpaired) electrons. The molecule has 2 fully saturated rings. The van der Waals surface area contributed by atoms with Gasteiger partial charge in [-0.05, 0) is 81.0 Å². The Morgan fingerprint density at radius 1 is 0.676 bits per heavy atom. The first kappa shape index (κ1) is 50.9. The molecule has 2 atom stereocenters. The summed E-state index contributed by atoms with van der Waals surface area (Å²) in [5.41, 5.74) is 18.4. The second kappa shape index (κ2) is 23.5. The summed E-state index contributed by atoms with van der Waals surface area (Å²) in [4.78, 5) is 51.5. The van der Waals surface area contributed by atoms with Crippen LogP contribution in [0.4, 0.5) is 29.2 Å². The van der Waals surface area contributed by atoms with Crippen molar-refractivity contribution in [3.05, 3.63) is 81.9 Å². The monoisotopic (exact) mass is 975 g/mol. The number of nitrogens with one attached hydrogen (secondary N) is 1. The largest absolute Gasteiger partial charge is 0.463 e. The van der Waals surface area contributed by atoms with Crippen molar-refractivity contribution < 1.29 is 37.0 Å². The van der Waals surface area contributed by atoms with E-state index in [1.54, 1.807) is 13.6 Å². The van der Waals surface area contributed by atoms with Crippen molar-refractivity contribution in [3.8, 4) is 6.01 Å². The van der Waals surface area contributed by atoms with Crippen molar-refractivity contribution >= 4 is 55.8 Å². The summed E-state index contributed by atoms with van der Waals surface area (Å²) in [7, 11) is -3.07. The lowest BCUT2D eigenvalue weighted by atomic mass is 10.0. The Labute approximate surface area is 399 Å². The second-order valence-corrected chi connectivity index (χ2v) is 22.9. The number of ketones is 2. The van der Waals surface area contributed by atoms with E-state index in [2.05, 4.69) is 83.6 Å². The zero-order valence-corrected chi connectivity index (χ0v) is 41.6. The van der Waals surface area contributed by atoms with Gasteiger partial charge < -0.3 is 44.9 Å². The van der Waals surface area contributed by atoms with Gasteiger partial charge in [-0.15, -0.1) is 0 Å². The van der Waals surface area contributed by atoms with Crippen molar-refractivity contribution in [2.45, 2.75) is 71.6 Å². The molecule has 19 nitrogen and oxygen atoms in total. The van der Waals surface area contributed by atoms with E-state index in [-0.39, 0.29) is 74.1 Å². The Morgan fingerprint density at radius 3 is 1.68 bits per heavy atom. The second-order valence-electron chi connectivity index (χ2n) is 17.8. The molecule has 6 heterocycles. The Hall–Kier alpha value is -5.00. The number of benzene rings is 2. The number of Topliss-reactive ketones (excluding diaryl/α,β-unsaturated/α-hetero) is 2. The number of likely N-dealkylation sites (tertiary alicyclic amines) is 2. The number of carbonyl (C=O) groups is 2. The van der Waals surface area contributed by atoms with Crippen LogP contribution in [-0.2, 0) is 71.3 Å². The molecule has 0 bridgehead atoms. The topological polar surface area (TPSA) is 234 Å². The molecule has 0 amide bonds. The summed E-state index contributed by atoms with van der Waals surface area (Å²) < 4.78 is 45.5. The van der Waals surface area contributed by atoms with Gasteiger partial charge in [-0.2, -0.15) is 19.9 Å². The molecule has 2 aromatic carbocycles.